The van der Waals surface area contributed by atoms with Gasteiger partial charge in [0.1, 0.15) is 0 Å². The number of carbonyl (C=O) groups is 2. The molecule has 0 radical (unpaired) electrons. The second kappa shape index (κ2) is 6.12. The lowest BCUT2D eigenvalue weighted by Crippen LogP contribution is -2.53. The fraction of sp³-hybridized carbons (Fsp3) is 0.867. The summed E-state index contributed by atoms with van der Waals surface area (Å²) in [4.78, 5) is 25.0. The molecule has 2 aliphatic rings. The topological polar surface area (TPSA) is 66.8 Å². The Hall–Kier alpha value is -1.10. The van der Waals surface area contributed by atoms with Crippen LogP contribution in [0.3, 0.4) is 0 Å². The van der Waals surface area contributed by atoms with Gasteiger partial charge in [-0.05, 0) is 37.0 Å². The van der Waals surface area contributed by atoms with Gasteiger partial charge in [0.2, 0.25) is 5.91 Å². The summed E-state index contributed by atoms with van der Waals surface area (Å²) in [5, 5.41) is 9.16. The largest absolute Gasteiger partial charge is 0.480 e. The molecule has 1 aliphatic heterocycles. The molecular weight excluding hydrogens is 258 g/mol. The lowest BCUT2D eigenvalue weighted by molar-refractivity contribution is -0.158. The highest BCUT2D eigenvalue weighted by atomic mass is 16.5. The number of nitrogens with zero attached hydrogens (tertiary/aromatic N) is 1. The number of hydrogen-bond acceptors (Lipinski definition) is 3. The summed E-state index contributed by atoms with van der Waals surface area (Å²) >= 11 is 0. The van der Waals surface area contributed by atoms with Crippen LogP contribution in [-0.4, -0.2) is 47.7 Å². The Labute approximate surface area is 120 Å². The second-order valence-corrected chi connectivity index (χ2v) is 6.83. The van der Waals surface area contributed by atoms with Gasteiger partial charge < -0.3 is 14.7 Å². The normalized spacial score (nSPS) is 27.3. The van der Waals surface area contributed by atoms with E-state index in [2.05, 4.69) is 13.8 Å². The van der Waals surface area contributed by atoms with E-state index in [-0.39, 0.29) is 12.5 Å². The summed E-state index contributed by atoms with van der Waals surface area (Å²) in [6.45, 7) is 5.49. The van der Waals surface area contributed by atoms with Gasteiger partial charge in [-0.25, -0.2) is 4.79 Å². The van der Waals surface area contributed by atoms with Crippen LogP contribution in [-0.2, 0) is 14.3 Å². The highest BCUT2D eigenvalue weighted by Crippen LogP contribution is 2.39. The Balaban J connectivity index is 1.89. The maximum absolute atomic E-state index is 12.3. The standard InChI is InChI=1S/C15H25NO4/c1-15(2)5-3-11(4-6-15)9-13(17)16-7-8-20-10-12(16)14(18)19/h11-12H,3-10H2,1-2H3,(H,18,19). The third-order valence-corrected chi connectivity index (χ3v) is 4.66. The molecule has 0 aromatic rings. The molecule has 20 heavy (non-hydrogen) atoms. The molecule has 114 valence electrons. The molecule has 0 aromatic carbocycles. The van der Waals surface area contributed by atoms with Crippen molar-refractivity contribution < 1.29 is 19.4 Å². The molecule has 2 fully saturated rings. The zero-order valence-corrected chi connectivity index (χ0v) is 12.4. The maximum Gasteiger partial charge on any atom is 0.328 e. The average molecular weight is 283 g/mol. The number of carboxylic acid groups (broad SMARTS) is 1. The first kappa shape index (κ1) is 15.3. The van der Waals surface area contributed by atoms with E-state index in [9.17, 15) is 9.59 Å². The molecule has 1 aliphatic carbocycles. The summed E-state index contributed by atoms with van der Waals surface area (Å²) in [5.74, 6) is -0.582. The predicted octanol–water partition coefficient (Wildman–Crippen LogP) is 1.90. The van der Waals surface area contributed by atoms with Crippen LogP contribution in [0, 0.1) is 11.3 Å². The van der Waals surface area contributed by atoms with Crippen molar-refractivity contribution in [1.29, 1.82) is 0 Å². The number of carboxylic acids is 1. The number of carbonyl (C=O) groups excluding carboxylic acids is 1. The van der Waals surface area contributed by atoms with Crippen molar-refractivity contribution in [2.75, 3.05) is 19.8 Å². The molecule has 1 amide bonds. The van der Waals surface area contributed by atoms with E-state index in [4.69, 9.17) is 9.84 Å². The molecule has 1 heterocycles. The van der Waals surface area contributed by atoms with Crippen LogP contribution in [0.5, 0.6) is 0 Å². The van der Waals surface area contributed by atoms with Crippen LogP contribution in [0.2, 0.25) is 0 Å². The van der Waals surface area contributed by atoms with Gasteiger partial charge in [-0.3, -0.25) is 4.79 Å². The summed E-state index contributed by atoms with van der Waals surface area (Å²) in [7, 11) is 0. The number of morpholine rings is 1. The number of hydrogen-bond donors (Lipinski definition) is 1. The molecule has 1 saturated carbocycles. The van der Waals surface area contributed by atoms with E-state index < -0.39 is 12.0 Å². The molecule has 0 bridgehead atoms. The van der Waals surface area contributed by atoms with Crippen molar-refractivity contribution in [2.45, 2.75) is 52.0 Å². The minimum atomic E-state index is -0.970. The molecule has 0 aromatic heterocycles. The van der Waals surface area contributed by atoms with Gasteiger partial charge in [-0.2, -0.15) is 0 Å². The zero-order chi connectivity index (χ0) is 14.8. The zero-order valence-electron chi connectivity index (χ0n) is 12.4. The second-order valence-electron chi connectivity index (χ2n) is 6.83. The predicted molar refractivity (Wildman–Crippen MR) is 74.3 cm³/mol. The molecule has 5 heteroatoms. The Morgan fingerprint density at radius 3 is 2.55 bits per heavy atom. The Kier molecular flexibility index (Phi) is 4.68. The van der Waals surface area contributed by atoms with Crippen molar-refractivity contribution in [1.82, 2.24) is 4.90 Å². The van der Waals surface area contributed by atoms with Gasteiger partial charge >= 0.3 is 5.97 Å². The Bertz CT molecular complexity index is 370. The smallest absolute Gasteiger partial charge is 0.328 e. The minimum Gasteiger partial charge on any atom is -0.480 e. The lowest BCUT2D eigenvalue weighted by Gasteiger charge is -2.37. The fourth-order valence-electron chi connectivity index (χ4n) is 3.13. The fourth-order valence-corrected chi connectivity index (χ4v) is 3.13. The summed E-state index contributed by atoms with van der Waals surface area (Å²) in [6.07, 6.45) is 4.92. The molecule has 5 nitrogen and oxygen atoms in total. The molecule has 1 saturated heterocycles. The van der Waals surface area contributed by atoms with Crippen molar-refractivity contribution >= 4 is 11.9 Å². The van der Waals surface area contributed by atoms with Crippen LogP contribution in [0.15, 0.2) is 0 Å². The quantitative estimate of drug-likeness (QED) is 0.859. The number of aliphatic carboxylic acids is 1. The maximum atomic E-state index is 12.3. The van der Waals surface area contributed by atoms with Gasteiger partial charge in [0, 0.05) is 13.0 Å². The first-order valence-electron chi connectivity index (χ1n) is 7.49. The third kappa shape index (κ3) is 3.72. The van der Waals surface area contributed by atoms with Gasteiger partial charge in [-0.15, -0.1) is 0 Å². The lowest BCUT2D eigenvalue weighted by atomic mass is 9.72. The number of amides is 1. The molecule has 2 rings (SSSR count). The van der Waals surface area contributed by atoms with E-state index >= 15 is 0 Å². The van der Waals surface area contributed by atoms with Crippen LogP contribution in [0.1, 0.15) is 46.0 Å². The highest BCUT2D eigenvalue weighted by Gasteiger charge is 2.35. The van der Waals surface area contributed by atoms with E-state index in [1.165, 1.54) is 4.90 Å². The summed E-state index contributed by atoms with van der Waals surface area (Å²) in [6, 6.07) is -0.809. The van der Waals surface area contributed by atoms with Crippen molar-refractivity contribution in [3.05, 3.63) is 0 Å². The van der Waals surface area contributed by atoms with Crippen molar-refractivity contribution in [2.24, 2.45) is 11.3 Å². The van der Waals surface area contributed by atoms with Gasteiger partial charge in [0.05, 0.1) is 13.2 Å². The summed E-state index contributed by atoms with van der Waals surface area (Å²) in [5.41, 5.74) is 0.391. The molecule has 1 N–H and O–H groups in total. The first-order chi connectivity index (χ1) is 9.39. The van der Waals surface area contributed by atoms with Gasteiger partial charge in [0.15, 0.2) is 6.04 Å². The van der Waals surface area contributed by atoms with Gasteiger partial charge in [-0.1, -0.05) is 13.8 Å². The van der Waals surface area contributed by atoms with Crippen LogP contribution < -0.4 is 0 Å². The summed E-state index contributed by atoms with van der Waals surface area (Å²) < 4.78 is 5.17. The number of rotatable bonds is 3. The molecular formula is C15H25NO4. The minimum absolute atomic E-state index is 0.0228. The van der Waals surface area contributed by atoms with E-state index in [1.807, 2.05) is 0 Å². The monoisotopic (exact) mass is 283 g/mol. The molecule has 0 spiro atoms. The highest BCUT2D eigenvalue weighted by molar-refractivity contribution is 5.84. The number of ether oxygens (including phenoxy) is 1. The van der Waals surface area contributed by atoms with Crippen molar-refractivity contribution in [3.63, 3.8) is 0 Å². The third-order valence-electron chi connectivity index (χ3n) is 4.66. The van der Waals surface area contributed by atoms with Gasteiger partial charge in [0.25, 0.3) is 0 Å². The van der Waals surface area contributed by atoms with E-state index in [0.717, 1.165) is 25.7 Å². The Morgan fingerprint density at radius 2 is 1.95 bits per heavy atom. The van der Waals surface area contributed by atoms with Crippen LogP contribution in [0.4, 0.5) is 0 Å². The van der Waals surface area contributed by atoms with E-state index in [0.29, 0.717) is 30.9 Å². The van der Waals surface area contributed by atoms with Crippen LogP contribution >= 0.6 is 0 Å². The Morgan fingerprint density at radius 1 is 1.30 bits per heavy atom. The molecule has 1 atom stereocenters. The van der Waals surface area contributed by atoms with Crippen LogP contribution in [0.25, 0.3) is 0 Å². The SMILES string of the molecule is CC1(C)CCC(CC(=O)N2CCOCC2C(=O)O)CC1. The molecule has 1 unspecified atom stereocenters. The van der Waals surface area contributed by atoms with Crippen molar-refractivity contribution in [3.8, 4) is 0 Å². The first-order valence-corrected chi connectivity index (χ1v) is 7.49. The van der Waals surface area contributed by atoms with E-state index in [1.54, 1.807) is 0 Å². The average Bonchev–Trinajstić information content (AvgIpc) is 2.41.